The van der Waals surface area contributed by atoms with Crippen LogP contribution in [0.4, 0.5) is 0 Å². The molecule has 0 aliphatic heterocycles. The maximum absolute atomic E-state index is 14.3. The van der Waals surface area contributed by atoms with E-state index in [9.17, 15) is 15.3 Å². The molecule has 0 amide bonds. The average Bonchev–Trinajstić information content (AvgIpc) is 0.732. The predicted molar refractivity (Wildman–Crippen MR) is 598 cm³/mol. The number of quaternary nitrogens is 1. The zero-order valence-corrected chi connectivity index (χ0v) is 93.1. The lowest BCUT2D eigenvalue weighted by Crippen LogP contribution is -2.74. The monoisotopic (exact) mass is 1860 g/mol. The van der Waals surface area contributed by atoms with Crippen molar-refractivity contribution in [2.75, 3.05) is 33.4 Å². The molecule has 0 atom stereocenters. The molecule has 5 nitrogen and oxygen atoms in total. The first-order valence-electron chi connectivity index (χ1n) is 63.7. The van der Waals surface area contributed by atoms with Crippen LogP contribution in [0.2, 0.25) is 0 Å². The maximum atomic E-state index is 14.3. The largest absolute Gasteiger partial charge is 0.870 e. The molecule has 0 fully saturated rings. The van der Waals surface area contributed by atoms with Crippen molar-refractivity contribution in [3.05, 3.63) is 0 Å². The van der Waals surface area contributed by atoms with Crippen molar-refractivity contribution in [3.8, 4) is 0 Å². The minimum absolute atomic E-state index is 0. The summed E-state index contributed by atoms with van der Waals surface area (Å²) < 4.78 is 0.620. The highest BCUT2D eigenvalue weighted by Crippen LogP contribution is 2.48. The molecule has 0 radical (unpaired) electrons. The zero-order valence-electron chi connectivity index (χ0n) is 93.1. The highest BCUT2D eigenvalue weighted by atomic mass is 16.3. The standard InChI is InChI=1S/C127H258NO3.H2O/c1-6-10-14-18-22-26-30-34-38-42-46-50-54-58-62-66-70-74-78-82-86-90-94-98-102-106-110-114-118-126(128(5,122-124-129)123-125-130,119-115-111-107-103-99-95-91-87-83-79-75-71-67-63-59-55-51-47-43-39-35-31-27-23-19-15-11-7-2)127(131,120-116-112-108-104-100-96-92-88-84-80-76-72-68-64-60-56-52-48-44-40-36-32-28-24-20-16-12-8-3)121-117-113-109-105-101-97-93-89-85-81-77-73-69-65-61-57-53-49-45-41-37-33-29-25-21-17-13-9-4;/h129-131H,6-125H2,1-5H3;1H2/q+1;/p-1. The van der Waals surface area contributed by atoms with E-state index < -0.39 is 5.60 Å². The molecule has 0 saturated carbocycles. The van der Waals surface area contributed by atoms with Crippen LogP contribution in [0.3, 0.4) is 0 Å². The van der Waals surface area contributed by atoms with E-state index in [0.29, 0.717) is 17.6 Å². The molecule has 796 valence electrons. The van der Waals surface area contributed by atoms with Gasteiger partial charge >= 0.3 is 0 Å². The van der Waals surface area contributed by atoms with Gasteiger partial charge in [-0.2, -0.15) is 0 Å². The Bertz CT molecular complexity index is 1860. The Kier molecular flexibility index (Phi) is 118. The molecule has 0 bridgehead atoms. The lowest BCUT2D eigenvalue weighted by molar-refractivity contribution is -0.969. The van der Waals surface area contributed by atoms with Crippen molar-refractivity contribution in [3.63, 3.8) is 0 Å². The van der Waals surface area contributed by atoms with Gasteiger partial charge in [0.15, 0.2) is 0 Å². The molecule has 0 heterocycles. The van der Waals surface area contributed by atoms with Gasteiger partial charge in [-0.05, 0) is 25.7 Å². The molecule has 0 spiro atoms. The van der Waals surface area contributed by atoms with E-state index in [2.05, 4.69) is 34.7 Å². The minimum atomic E-state index is -0.818. The Morgan fingerprint density at radius 3 is 0.311 bits per heavy atom. The molecule has 0 unspecified atom stereocenters. The number of aliphatic hydroxyl groups is 3. The van der Waals surface area contributed by atoms with E-state index in [4.69, 9.17) is 0 Å². The van der Waals surface area contributed by atoms with E-state index >= 15 is 0 Å². The fourth-order valence-corrected chi connectivity index (χ4v) is 23.6. The smallest absolute Gasteiger partial charge is 0.128 e. The Labute approximate surface area is 837 Å². The van der Waals surface area contributed by atoms with Gasteiger partial charge in [0.05, 0.1) is 20.3 Å². The number of likely N-dealkylation sites (N-methyl/N-ethyl adjacent to an activating group) is 1. The molecule has 4 N–H and O–H groups in total. The first-order chi connectivity index (χ1) is 64.9. The Balaban J connectivity index is 0. The number of unbranched alkanes of at least 4 members (excludes halogenated alkanes) is 108. The van der Waals surface area contributed by atoms with E-state index in [1.807, 2.05) is 0 Å². The molecule has 0 aliphatic carbocycles. The SMILES string of the molecule is CCCCCCCCCCCCCCCCCCCCCCCCCCCCCCC(O)(CCCCCCCCCCCCCCCCCCCCCCCCCCCCCC)C(CCCCCCCCCCCCCCCCCCCCCCCCCCCCCC)(CCCCCCCCCCCCCCCCCCCCCCCCCCCCCC)[N+](C)(CCO)CCO.[OH-]. The van der Waals surface area contributed by atoms with Gasteiger partial charge in [0, 0.05) is 12.8 Å². The normalized spacial score (nSPS) is 12.2. The van der Waals surface area contributed by atoms with Crippen molar-refractivity contribution in [2.45, 2.75) is 784 Å². The van der Waals surface area contributed by atoms with Crippen LogP contribution in [0.1, 0.15) is 773 Å². The fraction of sp³-hybridized carbons (Fsp3) is 1.00. The third kappa shape index (κ3) is 96.0. The summed E-state index contributed by atoms with van der Waals surface area (Å²) in [5.41, 5.74) is -1.20. The summed E-state index contributed by atoms with van der Waals surface area (Å²) in [5, 5.41) is 36.7. The van der Waals surface area contributed by atoms with E-state index in [1.54, 1.807) is 0 Å². The second-order valence-corrected chi connectivity index (χ2v) is 45.5. The zero-order chi connectivity index (χ0) is 94.4. The molecule has 0 aromatic rings. The Morgan fingerprint density at radius 1 is 0.136 bits per heavy atom. The van der Waals surface area contributed by atoms with Gasteiger partial charge in [-0.1, -0.05) is 734 Å². The second kappa shape index (κ2) is 116. The van der Waals surface area contributed by atoms with E-state index in [-0.39, 0.29) is 24.2 Å². The third-order valence-corrected chi connectivity index (χ3v) is 32.9. The summed E-state index contributed by atoms with van der Waals surface area (Å²) in [6.45, 7) is 10.8. The number of hydrogen-bond acceptors (Lipinski definition) is 4. The van der Waals surface area contributed by atoms with Crippen LogP contribution < -0.4 is 0 Å². The van der Waals surface area contributed by atoms with Crippen LogP contribution in [-0.4, -0.2) is 69.8 Å². The summed E-state index contributed by atoms with van der Waals surface area (Å²) >= 11 is 0. The molecule has 0 saturated heterocycles. The van der Waals surface area contributed by atoms with Crippen LogP contribution in [-0.2, 0) is 0 Å². The van der Waals surface area contributed by atoms with E-state index in [0.717, 1.165) is 51.4 Å². The van der Waals surface area contributed by atoms with Gasteiger partial charge in [-0.3, -0.25) is 0 Å². The molecule has 0 rings (SSSR count). The van der Waals surface area contributed by atoms with Crippen LogP contribution in [0.15, 0.2) is 0 Å². The average molecular weight is 1860 g/mol. The lowest BCUT2D eigenvalue weighted by Gasteiger charge is -2.59. The van der Waals surface area contributed by atoms with Gasteiger partial charge in [-0.25, -0.2) is 0 Å². The summed E-state index contributed by atoms with van der Waals surface area (Å²) in [7, 11) is 2.39. The predicted octanol–water partition coefficient (Wildman–Crippen LogP) is 45.0. The first kappa shape index (κ1) is 134. The van der Waals surface area contributed by atoms with Crippen LogP contribution in [0, 0.1) is 0 Å². The summed E-state index contributed by atoms with van der Waals surface area (Å²) in [6, 6.07) is 0. The van der Waals surface area contributed by atoms with Crippen molar-refractivity contribution < 1.29 is 25.3 Å². The first-order valence-corrected chi connectivity index (χ1v) is 63.7. The van der Waals surface area contributed by atoms with Crippen LogP contribution >= 0.6 is 0 Å². The molecular weight excluding hydrogens is 1600 g/mol. The van der Waals surface area contributed by atoms with Crippen LogP contribution in [0.25, 0.3) is 0 Å². The maximum Gasteiger partial charge on any atom is 0.128 e. The van der Waals surface area contributed by atoms with Gasteiger partial charge in [-0.15, -0.1) is 0 Å². The second-order valence-electron chi connectivity index (χ2n) is 45.5. The van der Waals surface area contributed by atoms with Crippen molar-refractivity contribution >= 4 is 0 Å². The van der Waals surface area contributed by atoms with E-state index in [1.165, 1.54) is 693 Å². The number of nitrogens with zero attached hydrogens (tertiary/aromatic N) is 1. The highest BCUT2D eigenvalue weighted by Gasteiger charge is 2.60. The quantitative estimate of drug-likeness (QED) is 0.0418. The molecule has 0 aliphatic rings. The fourth-order valence-electron chi connectivity index (χ4n) is 23.6. The number of rotatable bonds is 122. The van der Waals surface area contributed by atoms with Crippen molar-refractivity contribution in [2.24, 2.45) is 0 Å². The summed E-state index contributed by atoms with van der Waals surface area (Å²) in [6.07, 6.45) is 163. The topological polar surface area (TPSA) is 90.7 Å². The van der Waals surface area contributed by atoms with Crippen molar-refractivity contribution in [1.29, 1.82) is 0 Å². The van der Waals surface area contributed by atoms with Gasteiger partial charge in [0.1, 0.15) is 24.2 Å². The highest BCUT2D eigenvalue weighted by molar-refractivity contribution is 5.02. The third-order valence-electron chi connectivity index (χ3n) is 32.9. The van der Waals surface area contributed by atoms with Gasteiger partial charge < -0.3 is 25.3 Å². The molecular formula is C127H259NO4. The molecule has 0 aromatic carbocycles. The summed E-state index contributed by atoms with van der Waals surface area (Å²) in [4.78, 5) is 0. The van der Waals surface area contributed by atoms with Gasteiger partial charge in [0.2, 0.25) is 0 Å². The Hall–Kier alpha value is -0.200. The number of aliphatic hydroxyl groups excluding tert-OH is 2. The van der Waals surface area contributed by atoms with Gasteiger partial charge in [0.25, 0.3) is 0 Å². The van der Waals surface area contributed by atoms with Crippen molar-refractivity contribution in [1.82, 2.24) is 0 Å². The van der Waals surface area contributed by atoms with Crippen LogP contribution in [0.5, 0.6) is 0 Å². The number of hydrogen-bond donors (Lipinski definition) is 3. The molecule has 5 heteroatoms. The Morgan fingerprint density at radius 2 is 0.220 bits per heavy atom. The molecule has 0 aromatic heterocycles. The summed E-state index contributed by atoms with van der Waals surface area (Å²) in [5.74, 6) is 0. The lowest BCUT2D eigenvalue weighted by atomic mass is 9.65. The minimum Gasteiger partial charge on any atom is -0.870 e. The molecule has 132 heavy (non-hydrogen) atoms.